The standard InChI is InChI=1S/C28H31N3O6/c1-5-6-35-26-14(3)27-28(37-12-36-27)22-16(26)9-18-23-21-15(7-13(2)24(33)25(21)34)8-17(30(23)4)19(10-29)31(18)20(22)11-32/h5,7,17-20,23,32-34H,1,6,8-9,11-12H2,2-4H3/t17-,18?,19-,20-,23+/m0/s1. The van der Waals surface area contributed by atoms with Gasteiger partial charge in [-0.3, -0.25) is 9.80 Å². The van der Waals surface area contributed by atoms with E-state index in [0.29, 0.717) is 47.8 Å². The van der Waals surface area contributed by atoms with Gasteiger partial charge in [-0.1, -0.05) is 18.7 Å². The summed E-state index contributed by atoms with van der Waals surface area (Å²) >= 11 is 0. The number of hydrogen-bond acceptors (Lipinski definition) is 9. The number of phenolic OH excluding ortho intramolecular Hbond substituents is 2. The predicted octanol–water partition coefficient (Wildman–Crippen LogP) is 2.77. The van der Waals surface area contributed by atoms with Gasteiger partial charge in [0.1, 0.15) is 18.4 Å². The van der Waals surface area contributed by atoms with Crippen LogP contribution in [0.1, 0.15) is 45.5 Å². The monoisotopic (exact) mass is 505 g/mol. The van der Waals surface area contributed by atoms with E-state index in [4.69, 9.17) is 14.2 Å². The van der Waals surface area contributed by atoms with Crippen molar-refractivity contribution in [3.63, 3.8) is 0 Å². The van der Waals surface area contributed by atoms with Gasteiger partial charge in [0, 0.05) is 34.3 Å². The first-order valence-electron chi connectivity index (χ1n) is 12.6. The van der Waals surface area contributed by atoms with Crippen LogP contribution in [-0.2, 0) is 12.8 Å². The van der Waals surface area contributed by atoms with E-state index in [1.807, 2.05) is 20.0 Å². The molecule has 1 unspecified atom stereocenters. The number of aliphatic hydroxyl groups is 1. The van der Waals surface area contributed by atoms with Crippen LogP contribution in [0, 0.1) is 25.2 Å². The zero-order chi connectivity index (χ0) is 26.2. The highest BCUT2D eigenvalue weighted by molar-refractivity contribution is 5.66. The average molecular weight is 506 g/mol. The minimum absolute atomic E-state index is 0.0741. The van der Waals surface area contributed by atoms with Crippen LogP contribution in [-0.4, -0.2) is 70.3 Å². The number of benzene rings is 2. The van der Waals surface area contributed by atoms with E-state index in [1.165, 1.54) is 0 Å². The van der Waals surface area contributed by atoms with Gasteiger partial charge < -0.3 is 29.5 Å². The van der Waals surface area contributed by atoms with Crippen molar-refractivity contribution < 1.29 is 29.5 Å². The quantitative estimate of drug-likeness (QED) is 0.426. The van der Waals surface area contributed by atoms with Crippen LogP contribution in [0.5, 0.6) is 28.7 Å². The van der Waals surface area contributed by atoms with Crippen molar-refractivity contribution in [1.29, 1.82) is 5.26 Å². The van der Waals surface area contributed by atoms with Crippen molar-refractivity contribution in [1.82, 2.24) is 9.80 Å². The van der Waals surface area contributed by atoms with Gasteiger partial charge in [-0.2, -0.15) is 5.26 Å². The molecule has 4 aliphatic rings. The fraction of sp³-hybridized carbons (Fsp3) is 0.464. The van der Waals surface area contributed by atoms with Gasteiger partial charge in [0.25, 0.3) is 0 Å². The van der Waals surface area contributed by atoms with Gasteiger partial charge in [0.05, 0.1) is 24.8 Å². The minimum atomic E-state index is -0.540. The third-order valence-electron chi connectivity index (χ3n) is 8.60. The Kier molecular flexibility index (Phi) is 5.53. The topological polar surface area (TPSA) is 119 Å². The Morgan fingerprint density at radius 1 is 1.16 bits per heavy atom. The Morgan fingerprint density at radius 3 is 2.62 bits per heavy atom. The molecule has 0 aliphatic carbocycles. The molecule has 194 valence electrons. The largest absolute Gasteiger partial charge is 0.504 e. The van der Waals surface area contributed by atoms with Crippen molar-refractivity contribution >= 4 is 0 Å². The molecule has 4 aliphatic heterocycles. The molecule has 6 rings (SSSR count). The second kappa shape index (κ2) is 8.55. The maximum atomic E-state index is 11.1. The molecular formula is C28H31N3O6. The van der Waals surface area contributed by atoms with Crippen molar-refractivity contribution in [3.8, 4) is 34.8 Å². The fourth-order valence-electron chi connectivity index (χ4n) is 7.10. The lowest BCUT2D eigenvalue weighted by Gasteiger charge is -2.59. The predicted molar refractivity (Wildman–Crippen MR) is 134 cm³/mol. The Morgan fingerprint density at radius 2 is 1.92 bits per heavy atom. The lowest BCUT2D eigenvalue weighted by molar-refractivity contribution is -0.0825. The van der Waals surface area contributed by atoms with Crippen LogP contribution < -0.4 is 14.2 Å². The van der Waals surface area contributed by atoms with Gasteiger partial charge in [-0.05, 0) is 44.9 Å². The van der Waals surface area contributed by atoms with Gasteiger partial charge in [-0.15, -0.1) is 0 Å². The zero-order valence-electron chi connectivity index (χ0n) is 21.2. The molecule has 1 fully saturated rings. The molecule has 0 spiro atoms. The normalized spacial score (nSPS) is 27.6. The molecule has 0 radical (unpaired) electrons. The van der Waals surface area contributed by atoms with Crippen LogP contribution in [0.4, 0.5) is 0 Å². The molecule has 5 atom stereocenters. The summed E-state index contributed by atoms with van der Waals surface area (Å²) in [5.74, 6) is 1.62. The second-order valence-electron chi connectivity index (χ2n) is 10.3. The Labute approximate surface area is 215 Å². The van der Waals surface area contributed by atoms with E-state index in [9.17, 15) is 20.6 Å². The highest BCUT2D eigenvalue weighted by Gasteiger charge is 2.56. The Balaban J connectivity index is 1.61. The highest BCUT2D eigenvalue weighted by atomic mass is 16.7. The molecule has 37 heavy (non-hydrogen) atoms. The van der Waals surface area contributed by atoms with Crippen molar-refractivity contribution in [2.75, 3.05) is 27.1 Å². The second-order valence-corrected chi connectivity index (χ2v) is 10.3. The number of aliphatic hydroxyl groups excluding tert-OH is 1. The van der Waals surface area contributed by atoms with Gasteiger partial charge in [0.2, 0.25) is 6.79 Å². The van der Waals surface area contributed by atoms with Gasteiger partial charge >= 0.3 is 0 Å². The third-order valence-corrected chi connectivity index (χ3v) is 8.60. The van der Waals surface area contributed by atoms with E-state index < -0.39 is 12.1 Å². The molecule has 2 aromatic carbocycles. The smallest absolute Gasteiger partial charge is 0.231 e. The van der Waals surface area contributed by atoms with Crippen LogP contribution >= 0.6 is 0 Å². The number of rotatable bonds is 4. The first-order valence-corrected chi connectivity index (χ1v) is 12.6. The van der Waals surface area contributed by atoms with Gasteiger partial charge in [-0.25, -0.2) is 0 Å². The average Bonchev–Trinajstić information content (AvgIpc) is 3.37. The Hall–Kier alpha value is -3.45. The first kappa shape index (κ1) is 23.9. The summed E-state index contributed by atoms with van der Waals surface area (Å²) in [6.07, 6.45) is 2.71. The number of nitriles is 1. The number of likely N-dealkylation sites (N-methyl/N-ethyl adjacent to an activating group) is 1. The van der Waals surface area contributed by atoms with Crippen molar-refractivity contribution in [2.24, 2.45) is 0 Å². The molecule has 1 saturated heterocycles. The first-order chi connectivity index (χ1) is 17.8. The molecule has 4 heterocycles. The van der Waals surface area contributed by atoms with Crippen LogP contribution in [0.15, 0.2) is 18.7 Å². The summed E-state index contributed by atoms with van der Waals surface area (Å²) in [5.41, 5.74) is 4.73. The molecule has 3 N–H and O–H groups in total. The van der Waals surface area contributed by atoms with Crippen molar-refractivity contribution in [2.45, 2.75) is 56.9 Å². The zero-order valence-corrected chi connectivity index (χ0v) is 21.2. The third kappa shape index (κ3) is 3.13. The van der Waals surface area contributed by atoms with E-state index in [0.717, 1.165) is 22.3 Å². The number of aromatic hydroxyl groups is 2. The molecule has 9 nitrogen and oxygen atoms in total. The lowest BCUT2D eigenvalue weighted by atomic mass is 9.71. The summed E-state index contributed by atoms with van der Waals surface area (Å²) in [7, 11) is 1.97. The lowest BCUT2D eigenvalue weighted by Crippen LogP contribution is -2.68. The summed E-state index contributed by atoms with van der Waals surface area (Å²) in [6, 6.07) is 2.63. The number of ether oxygens (including phenoxy) is 3. The SMILES string of the molecule is C=CCOc1c(C)c2c(c3c1CC1[C@@H]4c5c(cc(C)c(O)c5O)C[C@@H]([C@H](C#N)N1[C@H]3CO)N4C)OCO2. The van der Waals surface area contributed by atoms with Crippen molar-refractivity contribution in [3.05, 3.63) is 52.1 Å². The number of aryl methyl sites for hydroxylation is 1. The minimum Gasteiger partial charge on any atom is -0.504 e. The molecule has 2 bridgehead atoms. The summed E-state index contributed by atoms with van der Waals surface area (Å²) in [6.45, 7) is 7.62. The molecule has 0 aromatic heterocycles. The maximum Gasteiger partial charge on any atom is 0.231 e. The number of piperazine rings is 1. The number of fused-ring (bicyclic) bond motifs is 9. The van der Waals surface area contributed by atoms with E-state index in [1.54, 1.807) is 13.0 Å². The molecule has 2 aromatic rings. The number of phenols is 2. The maximum absolute atomic E-state index is 11.1. The van der Waals surface area contributed by atoms with Crippen LogP contribution in [0.25, 0.3) is 0 Å². The molecular weight excluding hydrogens is 474 g/mol. The fourth-order valence-corrected chi connectivity index (χ4v) is 7.10. The number of hydrogen-bond donors (Lipinski definition) is 3. The van der Waals surface area contributed by atoms with Crippen LogP contribution in [0.2, 0.25) is 0 Å². The highest BCUT2D eigenvalue weighted by Crippen LogP contribution is 2.58. The summed E-state index contributed by atoms with van der Waals surface area (Å²) in [5, 5.41) is 43.0. The van der Waals surface area contributed by atoms with E-state index >= 15 is 0 Å². The summed E-state index contributed by atoms with van der Waals surface area (Å²) in [4.78, 5) is 4.24. The molecule has 0 saturated carbocycles. The molecule has 9 heteroatoms. The van der Waals surface area contributed by atoms with E-state index in [-0.39, 0.29) is 43.0 Å². The van der Waals surface area contributed by atoms with Gasteiger partial charge in [0.15, 0.2) is 23.0 Å². The summed E-state index contributed by atoms with van der Waals surface area (Å²) < 4.78 is 17.9. The molecule has 0 amide bonds. The van der Waals surface area contributed by atoms with E-state index in [2.05, 4.69) is 22.4 Å². The van der Waals surface area contributed by atoms with Crippen LogP contribution in [0.3, 0.4) is 0 Å². The number of nitrogens with zero attached hydrogens (tertiary/aromatic N) is 3. The Bertz CT molecular complexity index is 1350.